The molecule has 12 heteroatoms. The molecule has 0 bridgehead atoms. The first kappa shape index (κ1) is 22.1. The lowest BCUT2D eigenvalue weighted by Crippen LogP contribution is -2.36. The number of aliphatic hydroxyl groups is 6. The summed E-state index contributed by atoms with van der Waals surface area (Å²) in [6, 6.07) is 1.37. The Morgan fingerprint density at radius 2 is 1.96 bits per heavy atom. The summed E-state index contributed by atoms with van der Waals surface area (Å²) in [6.07, 6.45) is -7.02. The van der Waals surface area contributed by atoms with Gasteiger partial charge in [-0.25, -0.2) is 4.79 Å². The first-order valence-corrected chi connectivity index (χ1v) is 7.60. The van der Waals surface area contributed by atoms with E-state index >= 15 is 0 Å². The van der Waals surface area contributed by atoms with Crippen molar-refractivity contribution in [2.75, 3.05) is 12.3 Å². The van der Waals surface area contributed by atoms with Crippen molar-refractivity contribution in [1.29, 1.82) is 0 Å². The summed E-state index contributed by atoms with van der Waals surface area (Å²) in [5.41, 5.74) is 4.63. The Bertz CT molecular complexity index is 638. The number of nitrogens with zero attached hydrogens (tertiary/aromatic N) is 2. The van der Waals surface area contributed by atoms with E-state index in [1.54, 1.807) is 0 Å². The predicted octanol–water partition coefficient (Wildman–Crippen LogP) is -4.28. The molecule has 1 aliphatic rings. The number of aliphatic hydroxyl groups excluding tert-OH is 6. The normalized spacial score (nSPS) is 28.6. The first-order chi connectivity index (χ1) is 12.1. The molecule has 0 radical (unpaired) electrons. The molecule has 0 aliphatic carbocycles. The summed E-state index contributed by atoms with van der Waals surface area (Å²) in [4.78, 5) is 24.7. The smallest absolute Gasteiger partial charge is 0.351 e. The van der Waals surface area contributed by atoms with Gasteiger partial charge in [0, 0.05) is 6.20 Å². The minimum absolute atomic E-state index is 0.0537. The molecule has 1 saturated heterocycles. The van der Waals surface area contributed by atoms with E-state index in [0.717, 1.165) is 4.57 Å². The van der Waals surface area contributed by atoms with Crippen LogP contribution in [-0.4, -0.2) is 89.7 Å². The number of hydrogen-bond acceptors (Lipinski definition) is 11. The Balaban J connectivity index is 0.000000321. The van der Waals surface area contributed by atoms with Crippen LogP contribution in [0, 0.1) is 0 Å². The van der Waals surface area contributed by atoms with Crippen molar-refractivity contribution >= 4 is 12.1 Å². The third-order valence-electron chi connectivity index (χ3n) is 3.63. The molecule has 0 amide bonds. The predicted molar refractivity (Wildman–Crippen MR) is 85.7 cm³/mol. The largest absolute Gasteiger partial charge is 0.394 e. The molecule has 26 heavy (non-hydrogen) atoms. The van der Waals surface area contributed by atoms with Gasteiger partial charge in [-0.05, 0) is 13.0 Å². The van der Waals surface area contributed by atoms with Crippen LogP contribution in [0.25, 0.3) is 0 Å². The quantitative estimate of drug-likeness (QED) is 0.244. The van der Waals surface area contributed by atoms with E-state index < -0.39 is 55.1 Å². The van der Waals surface area contributed by atoms with Crippen LogP contribution >= 0.6 is 0 Å². The van der Waals surface area contributed by atoms with E-state index in [9.17, 15) is 19.8 Å². The van der Waals surface area contributed by atoms with Crippen LogP contribution < -0.4 is 11.4 Å². The number of carbonyl (C=O) groups is 1. The molecule has 1 fully saturated rings. The Morgan fingerprint density at radius 1 is 1.35 bits per heavy atom. The number of aldehydes is 1. The summed E-state index contributed by atoms with van der Waals surface area (Å²) in [6.45, 7) is 0.837. The van der Waals surface area contributed by atoms with E-state index in [4.69, 9.17) is 30.9 Å². The van der Waals surface area contributed by atoms with Crippen LogP contribution in [-0.2, 0) is 9.53 Å². The number of aromatic nitrogens is 2. The molecular formula is C14H23N3O9. The average Bonchev–Trinajstić information content (AvgIpc) is 2.89. The van der Waals surface area contributed by atoms with Crippen molar-refractivity contribution in [1.82, 2.24) is 9.55 Å². The van der Waals surface area contributed by atoms with Gasteiger partial charge in [0.1, 0.15) is 36.3 Å². The van der Waals surface area contributed by atoms with E-state index in [0.29, 0.717) is 0 Å². The summed E-state index contributed by atoms with van der Waals surface area (Å²) >= 11 is 0. The van der Waals surface area contributed by atoms with Crippen molar-refractivity contribution in [3.63, 3.8) is 0 Å². The molecule has 2 heterocycles. The molecule has 12 nitrogen and oxygen atoms in total. The van der Waals surface area contributed by atoms with Gasteiger partial charge in [-0.3, -0.25) is 4.57 Å². The molecule has 1 aliphatic heterocycles. The zero-order chi connectivity index (χ0) is 20.0. The lowest BCUT2D eigenvalue weighted by Gasteiger charge is -2.16. The van der Waals surface area contributed by atoms with Crippen molar-refractivity contribution in [3.8, 4) is 0 Å². The molecule has 0 aromatic carbocycles. The Morgan fingerprint density at radius 3 is 2.35 bits per heavy atom. The average molecular weight is 377 g/mol. The second-order valence-electron chi connectivity index (χ2n) is 5.63. The van der Waals surface area contributed by atoms with Crippen LogP contribution in [0.1, 0.15) is 13.2 Å². The third kappa shape index (κ3) is 5.28. The van der Waals surface area contributed by atoms with Gasteiger partial charge < -0.3 is 45.9 Å². The minimum atomic E-state index is -1.48. The number of anilines is 1. The zero-order valence-corrected chi connectivity index (χ0v) is 13.9. The molecule has 2 rings (SSSR count). The monoisotopic (exact) mass is 377 g/mol. The van der Waals surface area contributed by atoms with Crippen molar-refractivity contribution < 1.29 is 40.2 Å². The first-order valence-electron chi connectivity index (χ1n) is 7.60. The van der Waals surface area contributed by atoms with Crippen molar-refractivity contribution in [2.45, 2.75) is 49.8 Å². The molecule has 3 unspecified atom stereocenters. The van der Waals surface area contributed by atoms with E-state index in [-0.39, 0.29) is 12.1 Å². The van der Waals surface area contributed by atoms with Gasteiger partial charge in [0.05, 0.1) is 12.7 Å². The van der Waals surface area contributed by atoms with Gasteiger partial charge in [-0.1, -0.05) is 0 Å². The van der Waals surface area contributed by atoms with Crippen LogP contribution in [0.2, 0.25) is 0 Å². The molecule has 148 valence electrons. The van der Waals surface area contributed by atoms with Gasteiger partial charge in [0.15, 0.2) is 12.5 Å². The lowest BCUT2D eigenvalue weighted by molar-refractivity contribution is -0.125. The highest BCUT2D eigenvalue weighted by Gasteiger charge is 2.43. The highest BCUT2D eigenvalue weighted by Crippen LogP contribution is 2.27. The minimum Gasteiger partial charge on any atom is -0.394 e. The summed E-state index contributed by atoms with van der Waals surface area (Å²) < 4.78 is 6.19. The maximum absolute atomic E-state index is 11.5. The maximum Gasteiger partial charge on any atom is 0.351 e. The highest BCUT2D eigenvalue weighted by molar-refractivity contribution is 5.56. The molecule has 1 aromatic heterocycles. The number of nitrogen functional groups attached to an aromatic ring is 1. The van der Waals surface area contributed by atoms with Crippen LogP contribution in [0.15, 0.2) is 17.1 Å². The van der Waals surface area contributed by atoms with Crippen LogP contribution in [0.5, 0.6) is 0 Å². The Kier molecular flexibility index (Phi) is 8.23. The fourth-order valence-corrected chi connectivity index (χ4v) is 2.10. The second kappa shape index (κ2) is 9.68. The fourth-order valence-electron chi connectivity index (χ4n) is 2.10. The van der Waals surface area contributed by atoms with Gasteiger partial charge in [-0.2, -0.15) is 4.98 Å². The lowest BCUT2D eigenvalue weighted by atomic mass is 10.1. The van der Waals surface area contributed by atoms with Gasteiger partial charge >= 0.3 is 5.69 Å². The van der Waals surface area contributed by atoms with E-state index in [2.05, 4.69) is 4.98 Å². The Labute approximate surface area is 147 Å². The van der Waals surface area contributed by atoms with E-state index in [1.807, 2.05) is 0 Å². The topological polar surface area (TPSA) is 209 Å². The third-order valence-corrected chi connectivity index (χ3v) is 3.63. The van der Waals surface area contributed by atoms with Crippen LogP contribution in [0.3, 0.4) is 0 Å². The standard InChI is InChI=1S/C9H13N3O5.C5H10O4/c10-5-1-2-12(9(16)11-5)8-7(15)6(14)4(3-13)17-8;1-3(7)5(9)4(8)2-6/h1-2,4,6-8,13-15H,3H2,(H2,10,11,16);2-5,7-9H,1H3/t4-,6-,7-,8-;/m1./s1. The van der Waals surface area contributed by atoms with Gasteiger partial charge in [0.2, 0.25) is 0 Å². The van der Waals surface area contributed by atoms with Gasteiger partial charge in [-0.15, -0.1) is 0 Å². The number of hydrogen-bond donors (Lipinski definition) is 7. The number of nitrogens with two attached hydrogens (primary N) is 1. The molecule has 7 atom stereocenters. The summed E-state index contributed by atoms with van der Waals surface area (Å²) in [7, 11) is 0. The Hall–Kier alpha value is -1.93. The fraction of sp³-hybridized carbons (Fsp3) is 0.643. The van der Waals surface area contributed by atoms with Gasteiger partial charge in [0.25, 0.3) is 0 Å². The second-order valence-corrected chi connectivity index (χ2v) is 5.63. The molecule has 0 spiro atoms. The number of carbonyl (C=O) groups excluding carboxylic acids is 1. The van der Waals surface area contributed by atoms with Crippen LogP contribution in [0.4, 0.5) is 5.82 Å². The van der Waals surface area contributed by atoms with Crippen molar-refractivity contribution in [2.24, 2.45) is 0 Å². The summed E-state index contributed by atoms with van der Waals surface area (Å²) in [5.74, 6) is 0.0537. The number of rotatable bonds is 5. The maximum atomic E-state index is 11.5. The molecule has 8 N–H and O–H groups in total. The van der Waals surface area contributed by atoms with Crippen molar-refractivity contribution in [3.05, 3.63) is 22.7 Å². The SMILES string of the molecule is CC(O)C(O)C(O)C=O.Nc1ccn([C@@H]2O[C@H](CO)[C@@H](O)[C@H]2O)c(=O)n1. The summed E-state index contributed by atoms with van der Waals surface area (Å²) in [5, 5.41) is 53.9. The molecule has 1 aromatic rings. The zero-order valence-electron chi connectivity index (χ0n) is 13.9. The number of ether oxygens (including phenoxy) is 1. The molecule has 0 saturated carbocycles. The molecular weight excluding hydrogens is 354 g/mol. The highest BCUT2D eigenvalue weighted by atomic mass is 16.6. The van der Waals surface area contributed by atoms with E-state index in [1.165, 1.54) is 19.2 Å².